The van der Waals surface area contributed by atoms with Crippen molar-refractivity contribution >= 4 is 10.9 Å². The summed E-state index contributed by atoms with van der Waals surface area (Å²) in [5.74, 6) is 0. The van der Waals surface area contributed by atoms with Crippen molar-refractivity contribution in [2.24, 2.45) is 7.05 Å². The van der Waals surface area contributed by atoms with Crippen LogP contribution in [0.25, 0.3) is 10.9 Å². The van der Waals surface area contributed by atoms with Gasteiger partial charge in [-0.15, -0.1) is 0 Å². The van der Waals surface area contributed by atoms with E-state index in [1.165, 1.54) is 47.1 Å². The van der Waals surface area contributed by atoms with Crippen molar-refractivity contribution in [1.29, 1.82) is 0 Å². The zero-order valence-corrected chi connectivity index (χ0v) is 17.4. The van der Waals surface area contributed by atoms with Crippen LogP contribution in [0, 0.1) is 6.92 Å². The van der Waals surface area contributed by atoms with E-state index in [4.69, 9.17) is 0 Å². The number of fused-ring (bicyclic) bond motifs is 1. The van der Waals surface area contributed by atoms with Crippen LogP contribution in [0.4, 0.5) is 0 Å². The number of hydrogen-bond donors (Lipinski definition) is 0. The summed E-state index contributed by atoms with van der Waals surface area (Å²) < 4.78 is 2.34. The highest BCUT2D eigenvalue weighted by Crippen LogP contribution is 2.28. The summed E-state index contributed by atoms with van der Waals surface area (Å²) >= 11 is 0. The molecule has 3 aromatic rings. The van der Waals surface area contributed by atoms with Gasteiger partial charge in [-0.2, -0.15) is 0 Å². The first-order valence-corrected chi connectivity index (χ1v) is 10.6. The third-order valence-electron chi connectivity index (χ3n) is 6.45. The van der Waals surface area contributed by atoms with Crippen molar-refractivity contribution in [1.82, 2.24) is 19.4 Å². The Morgan fingerprint density at radius 3 is 2.71 bits per heavy atom. The smallest absolute Gasteiger partial charge is 0.0483 e. The Morgan fingerprint density at radius 1 is 1.14 bits per heavy atom. The minimum Gasteiger partial charge on any atom is -0.348 e. The van der Waals surface area contributed by atoms with Crippen molar-refractivity contribution in [3.8, 4) is 0 Å². The van der Waals surface area contributed by atoms with E-state index in [1.54, 1.807) is 0 Å². The third kappa shape index (κ3) is 3.85. The van der Waals surface area contributed by atoms with E-state index in [0.717, 1.165) is 26.2 Å². The summed E-state index contributed by atoms with van der Waals surface area (Å²) in [5, 5.41) is 1.41. The van der Waals surface area contributed by atoms with Gasteiger partial charge < -0.3 is 4.57 Å². The lowest BCUT2D eigenvalue weighted by Crippen LogP contribution is -2.47. The number of benzene rings is 1. The van der Waals surface area contributed by atoms with Crippen molar-refractivity contribution in [2.45, 2.75) is 45.8 Å². The number of likely N-dealkylation sites (tertiary alicyclic amines) is 1. The Balaban J connectivity index is 1.49. The van der Waals surface area contributed by atoms with Crippen LogP contribution < -0.4 is 0 Å². The lowest BCUT2D eigenvalue weighted by Gasteiger charge is -2.39. The summed E-state index contributed by atoms with van der Waals surface area (Å²) in [5.41, 5.74) is 5.60. The number of pyridine rings is 1. The highest BCUT2D eigenvalue weighted by molar-refractivity contribution is 5.85. The summed E-state index contributed by atoms with van der Waals surface area (Å²) in [6.45, 7) is 10.1. The molecule has 2 aromatic heterocycles. The monoisotopic (exact) mass is 376 g/mol. The number of nitrogens with zero attached hydrogens (tertiary/aromatic N) is 4. The van der Waals surface area contributed by atoms with Gasteiger partial charge in [0.1, 0.15) is 0 Å². The van der Waals surface area contributed by atoms with Crippen LogP contribution >= 0.6 is 0 Å². The first kappa shape index (κ1) is 19.2. The summed E-state index contributed by atoms with van der Waals surface area (Å²) in [6.07, 6.45) is 6.38. The van der Waals surface area contributed by atoms with Gasteiger partial charge in [-0.25, -0.2) is 0 Å². The van der Waals surface area contributed by atoms with Crippen LogP contribution in [0.2, 0.25) is 0 Å². The van der Waals surface area contributed by atoms with Gasteiger partial charge in [0, 0.05) is 61.7 Å². The van der Waals surface area contributed by atoms with E-state index in [-0.39, 0.29) is 0 Å². The molecule has 0 spiro atoms. The fraction of sp³-hybridized carbons (Fsp3) is 0.458. The second-order valence-corrected chi connectivity index (χ2v) is 8.09. The molecular formula is C24H32N4. The van der Waals surface area contributed by atoms with Crippen LogP contribution in [-0.4, -0.2) is 45.0 Å². The van der Waals surface area contributed by atoms with Gasteiger partial charge in [-0.1, -0.05) is 25.1 Å². The molecule has 0 amide bonds. The molecule has 1 aromatic carbocycles. The Hall–Kier alpha value is -2.17. The Bertz CT molecular complexity index is 915. The topological polar surface area (TPSA) is 24.3 Å². The van der Waals surface area contributed by atoms with Gasteiger partial charge in [0.05, 0.1) is 0 Å². The summed E-state index contributed by atoms with van der Waals surface area (Å²) in [6, 6.07) is 13.7. The van der Waals surface area contributed by atoms with E-state index in [1.807, 2.05) is 12.4 Å². The van der Waals surface area contributed by atoms with Crippen molar-refractivity contribution in [2.75, 3.05) is 19.6 Å². The van der Waals surface area contributed by atoms with Gasteiger partial charge in [-0.3, -0.25) is 14.8 Å². The molecule has 4 nitrogen and oxygen atoms in total. The number of likely N-dealkylation sites (N-methyl/N-ethyl adjacent to an activating group) is 1. The fourth-order valence-corrected chi connectivity index (χ4v) is 4.72. The SMILES string of the molecule is CCN(Cc1ccncc1)[C@H]1CCCN(Cc2c(C)n(C)c3ccccc23)C1. The van der Waals surface area contributed by atoms with Gasteiger partial charge in [0.25, 0.3) is 0 Å². The molecule has 3 heterocycles. The third-order valence-corrected chi connectivity index (χ3v) is 6.45. The maximum atomic E-state index is 4.16. The molecule has 1 saturated heterocycles. The second-order valence-electron chi connectivity index (χ2n) is 8.09. The fourth-order valence-electron chi connectivity index (χ4n) is 4.72. The zero-order valence-electron chi connectivity index (χ0n) is 17.4. The lowest BCUT2D eigenvalue weighted by atomic mass is 10.0. The zero-order chi connectivity index (χ0) is 19.5. The molecule has 4 rings (SSSR count). The molecule has 28 heavy (non-hydrogen) atoms. The van der Waals surface area contributed by atoms with Crippen molar-refractivity contribution in [3.05, 3.63) is 65.6 Å². The number of aromatic nitrogens is 2. The molecule has 1 aliphatic heterocycles. The maximum Gasteiger partial charge on any atom is 0.0483 e. The molecule has 0 bridgehead atoms. The molecule has 0 saturated carbocycles. The number of para-hydroxylation sites is 1. The summed E-state index contributed by atoms with van der Waals surface area (Å²) in [7, 11) is 2.19. The highest BCUT2D eigenvalue weighted by atomic mass is 15.2. The molecular weight excluding hydrogens is 344 g/mol. The maximum absolute atomic E-state index is 4.16. The average molecular weight is 377 g/mol. The number of aryl methyl sites for hydroxylation is 1. The van der Waals surface area contributed by atoms with Crippen LogP contribution in [0.3, 0.4) is 0 Å². The molecule has 4 heteroatoms. The van der Waals surface area contributed by atoms with E-state index >= 15 is 0 Å². The second kappa shape index (κ2) is 8.46. The molecule has 1 aliphatic rings. The first-order valence-electron chi connectivity index (χ1n) is 10.6. The molecule has 0 N–H and O–H groups in total. The average Bonchev–Trinajstić information content (AvgIpc) is 2.98. The van der Waals surface area contributed by atoms with Crippen LogP contribution in [0.15, 0.2) is 48.8 Å². The molecule has 148 valence electrons. The van der Waals surface area contributed by atoms with Crippen LogP contribution in [0.1, 0.15) is 36.6 Å². The Kier molecular flexibility index (Phi) is 5.79. The predicted molar refractivity (Wildman–Crippen MR) is 116 cm³/mol. The molecule has 1 atom stereocenters. The largest absolute Gasteiger partial charge is 0.348 e. The minimum atomic E-state index is 0.627. The lowest BCUT2D eigenvalue weighted by molar-refractivity contribution is 0.0918. The molecule has 1 fully saturated rings. The summed E-state index contributed by atoms with van der Waals surface area (Å²) in [4.78, 5) is 9.46. The number of hydrogen-bond acceptors (Lipinski definition) is 3. The normalized spacial score (nSPS) is 18.2. The van der Waals surface area contributed by atoms with Gasteiger partial charge in [0.2, 0.25) is 0 Å². The van der Waals surface area contributed by atoms with Crippen LogP contribution in [0.5, 0.6) is 0 Å². The van der Waals surface area contributed by atoms with Gasteiger partial charge in [-0.05, 0) is 62.2 Å². The Labute approximate surface area is 168 Å². The van der Waals surface area contributed by atoms with Crippen molar-refractivity contribution < 1.29 is 0 Å². The first-order chi connectivity index (χ1) is 13.7. The van der Waals surface area contributed by atoms with Crippen LogP contribution in [-0.2, 0) is 20.1 Å². The van der Waals surface area contributed by atoms with E-state index in [2.05, 4.69) is 76.6 Å². The number of piperidine rings is 1. The van der Waals surface area contributed by atoms with Crippen molar-refractivity contribution in [3.63, 3.8) is 0 Å². The quantitative estimate of drug-likeness (QED) is 0.638. The molecule has 0 aliphatic carbocycles. The van der Waals surface area contributed by atoms with E-state index in [0.29, 0.717) is 6.04 Å². The molecule has 0 unspecified atom stereocenters. The highest BCUT2D eigenvalue weighted by Gasteiger charge is 2.26. The van der Waals surface area contributed by atoms with Gasteiger partial charge >= 0.3 is 0 Å². The number of rotatable bonds is 6. The molecule has 0 radical (unpaired) electrons. The van der Waals surface area contributed by atoms with Gasteiger partial charge in [0.15, 0.2) is 0 Å². The standard InChI is InChI=1S/C24H32N4/c1-4-28(16-20-11-13-25-14-12-20)21-8-7-15-27(17-21)18-23-19(2)26(3)24-10-6-5-9-22(23)24/h5-6,9-14,21H,4,7-8,15-18H2,1-3H3/t21-/m0/s1. The predicted octanol–water partition coefficient (Wildman–Crippen LogP) is 4.37. The van der Waals surface area contributed by atoms with E-state index in [9.17, 15) is 0 Å². The minimum absolute atomic E-state index is 0.627. The Morgan fingerprint density at radius 2 is 1.93 bits per heavy atom. The van der Waals surface area contributed by atoms with E-state index < -0.39 is 0 Å².